The van der Waals surface area contributed by atoms with E-state index in [9.17, 15) is 18.0 Å². The molecule has 2 amide bonds. The predicted octanol–water partition coefficient (Wildman–Crippen LogP) is 4.14. The molecule has 0 fully saturated rings. The van der Waals surface area contributed by atoms with Crippen LogP contribution in [-0.2, 0) is 26.2 Å². The van der Waals surface area contributed by atoms with Crippen LogP contribution in [0.2, 0.25) is 5.02 Å². The summed E-state index contributed by atoms with van der Waals surface area (Å²) in [5.41, 5.74) is 1.35. The summed E-state index contributed by atoms with van der Waals surface area (Å²) < 4.78 is 26.4. The Balaban J connectivity index is 2.46. The van der Waals surface area contributed by atoms with Gasteiger partial charge in [-0.1, -0.05) is 48.9 Å². The second-order valence-electron chi connectivity index (χ2n) is 9.37. The van der Waals surface area contributed by atoms with E-state index in [4.69, 9.17) is 11.6 Å². The molecule has 0 aliphatic rings. The molecule has 186 valence electrons. The normalized spacial score (nSPS) is 12.7. The van der Waals surface area contributed by atoms with Crippen molar-refractivity contribution < 1.29 is 18.0 Å². The maximum Gasteiger partial charge on any atom is 0.244 e. The highest BCUT2D eigenvalue weighted by Gasteiger charge is 2.33. The molecule has 0 aliphatic heterocycles. The summed E-state index contributed by atoms with van der Waals surface area (Å²) in [7, 11) is -3.79. The number of aryl methyl sites for hydroxylation is 1. The van der Waals surface area contributed by atoms with E-state index in [1.807, 2.05) is 58.0 Å². The van der Waals surface area contributed by atoms with Gasteiger partial charge in [0.25, 0.3) is 0 Å². The van der Waals surface area contributed by atoms with Crippen molar-refractivity contribution in [1.82, 2.24) is 10.2 Å². The number of nitrogens with zero attached hydrogens (tertiary/aromatic N) is 2. The van der Waals surface area contributed by atoms with Crippen molar-refractivity contribution in [2.75, 3.05) is 17.1 Å². The zero-order valence-corrected chi connectivity index (χ0v) is 22.2. The molecule has 1 N–H and O–H groups in total. The van der Waals surface area contributed by atoms with Crippen LogP contribution in [0.4, 0.5) is 5.69 Å². The highest BCUT2D eigenvalue weighted by Crippen LogP contribution is 2.26. The second kappa shape index (κ2) is 11.2. The lowest BCUT2D eigenvalue weighted by molar-refractivity contribution is -0.141. The van der Waals surface area contributed by atoms with Crippen molar-refractivity contribution >= 4 is 39.1 Å². The Morgan fingerprint density at radius 2 is 1.71 bits per heavy atom. The van der Waals surface area contributed by atoms with Gasteiger partial charge in [-0.3, -0.25) is 13.9 Å². The van der Waals surface area contributed by atoms with E-state index in [1.165, 1.54) is 4.90 Å². The van der Waals surface area contributed by atoms with Crippen LogP contribution in [0, 0.1) is 6.92 Å². The number of anilines is 1. The van der Waals surface area contributed by atoms with Gasteiger partial charge in [-0.25, -0.2) is 8.42 Å². The van der Waals surface area contributed by atoms with Crippen LogP contribution in [0.3, 0.4) is 0 Å². The molecule has 2 aromatic carbocycles. The zero-order valence-electron chi connectivity index (χ0n) is 20.6. The smallest absolute Gasteiger partial charge is 0.244 e. The molecule has 2 aromatic rings. The summed E-state index contributed by atoms with van der Waals surface area (Å²) in [6.07, 6.45) is 1.43. The average molecular weight is 508 g/mol. The number of sulfonamides is 1. The molecule has 34 heavy (non-hydrogen) atoms. The molecule has 0 unspecified atom stereocenters. The third-order valence-corrected chi connectivity index (χ3v) is 6.55. The van der Waals surface area contributed by atoms with Crippen LogP contribution >= 0.6 is 11.6 Å². The van der Waals surface area contributed by atoms with Gasteiger partial charge in [-0.15, -0.1) is 0 Å². The van der Waals surface area contributed by atoms with Gasteiger partial charge in [0.1, 0.15) is 12.6 Å². The lowest BCUT2D eigenvalue weighted by atomic mass is 10.1. The Morgan fingerprint density at radius 1 is 1.09 bits per heavy atom. The largest absolute Gasteiger partial charge is 0.350 e. The third-order valence-electron chi connectivity index (χ3n) is 5.19. The highest BCUT2D eigenvalue weighted by atomic mass is 35.5. The van der Waals surface area contributed by atoms with Crippen LogP contribution in [0.15, 0.2) is 48.5 Å². The highest BCUT2D eigenvalue weighted by molar-refractivity contribution is 7.92. The maximum atomic E-state index is 13.6. The van der Waals surface area contributed by atoms with E-state index < -0.39 is 34.1 Å². The predicted molar refractivity (Wildman–Crippen MR) is 137 cm³/mol. The molecule has 0 spiro atoms. The van der Waals surface area contributed by atoms with Crippen LogP contribution in [0.25, 0.3) is 0 Å². The first-order valence-electron chi connectivity index (χ1n) is 11.1. The van der Waals surface area contributed by atoms with Crippen LogP contribution in [0.1, 0.15) is 45.2 Å². The van der Waals surface area contributed by atoms with E-state index >= 15 is 0 Å². The summed E-state index contributed by atoms with van der Waals surface area (Å²) in [6, 6.07) is 13.4. The van der Waals surface area contributed by atoms with E-state index in [1.54, 1.807) is 25.1 Å². The molecule has 0 bridgehead atoms. The fourth-order valence-corrected chi connectivity index (χ4v) is 4.78. The van der Waals surface area contributed by atoms with Crippen molar-refractivity contribution in [3.8, 4) is 0 Å². The first-order chi connectivity index (χ1) is 15.7. The fourth-order valence-electron chi connectivity index (χ4n) is 3.65. The topological polar surface area (TPSA) is 86.8 Å². The SMILES string of the molecule is CC[C@@H](C(=O)NC(C)(C)C)N(Cc1ccccc1)C(=O)CN(c1ccc(Cl)cc1C)S(C)(=O)=O. The molecular weight excluding hydrogens is 474 g/mol. The average Bonchev–Trinajstić information content (AvgIpc) is 2.71. The number of nitrogens with one attached hydrogen (secondary N) is 1. The fraction of sp³-hybridized carbons (Fsp3) is 0.440. The minimum absolute atomic E-state index is 0.174. The molecular formula is C25H34ClN3O4S. The molecule has 0 saturated carbocycles. The Hall–Kier alpha value is -2.58. The summed E-state index contributed by atoms with van der Waals surface area (Å²) in [6.45, 7) is 8.91. The molecule has 2 rings (SSSR count). The molecule has 9 heteroatoms. The zero-order chi connectivity index (χ0) is 25.7. The van der Waals surface area contributed by atoms with E-state index in [0.29, 0.717) is 22.7 Å². The Labute approximate surface area is 208 Å². The number of carbonyl (C=O) groups is 2. The van der Waals surface area contributed by atoms with Crippen molar-refractivity contribution in [3.63, 3.8) is 0 Å². The van der Waals surface area contributed by atoms with Gasteiger partial charge in [0.15, 0.2) is 0 Å². The molecule has 0 radical (unpaired) electrons. The minimum atomic E-state index is -3.79. The second-order valence-corrected chi connectivity index (χ2v) is 11.7. The quantitative estimate of drug-likeness (QED) is 0.552. The first-order valence-corrected chi connectivity index (χ1v) is 13.3. The molecule has 1 atom stereocenters. The van der Waals surface area contributed by atoms with Gasteiger partial charge in [-0.05, 0) is 63.4 Å². The number of amides is 2. The van der Waals surface area contributed by atoms with Gasteiger partial charge < -0.3 is 10.2 Å². The standard InChI is InChI=1S/C25H34ClN3O4S/c1-7-21(24(31)27-25(3,4)5)28(16-19-11-9-8-10-12-19)23(30)17-29(34(6,32)33)22-14-13-20(26)15-18(22)2/h8-15,21H,7,16-17H2,1-6H3,(H,27,31)/t21-/m0/s1. The van der Waals surface area contributed by atoms with Crippen molar-refractivity contribution in [1.29, 1.82) is 0 Å². The molecule has 7 nitrogen and oxygen atoms in total. The van der Waals surface area contributed by atoms with Gasteiger partial charge in [0.05, 0.1) is 11.9 Å². The Morgan fingerprint density at radius 3 is 2.21 bits per heavy atom. The number of rotatable bonds is 9. The van der Waals surface area contributed by atoms with Gasteiger partial charge in [0.2, 0.25) is 21.8 Å². The minimum Gasteiger partial charge on any atom is -0.350 e. The lowest BCUT2D eigenvalue weighted by Crippen LogP contribution is -2.55. The number of hydrogen-bond donors (Lipinski definition) is 1. The number of hydrogen-bond acceptors (Lipinski definition) is 4. The number of benzene rings is 2. The number of carbonyl (C=O) groups excluding carboxylic acids is 2. The van der Waals surface area contributed by atoms with E-state index in [0.717, 1.165) is 16.1 Å². The molecule has 0 aliphatic carbocycles. The van der Waals surface area contributed by atoms with E-state index in [-0.39, 0.29) is 12.5 Å². The summed E-state index contributed by atoms with van der Waals surface area (Å²) >= 11 is 6.04. The summed E-state index contributed by atoms with van der Waals surface area (Å²) in [5.74, 6) is -0.757. The van der Waals surface area contributed by atoms with Gasteiger partial charge >= 0.3 is 0 Å². The molecule has 0 aromatic heterocycles. The van der Waals surface area contributed by atoms with E-state index in [2.05, 4.69) is 5.32 Å². The Bertz CT molecular complexity index is 1110. The molecule has 0 saturated heterocycles. The Kier molecular flexibility index (Phi) is 9.14. The van der Waals surface area contributed by atoms with Crippen molar-refractivity contribution in [2.24, 2.45) is 0 Å². The van der Waals surface area contributed by atoms with Gasteiger partial charge in [-0.2, -0.15) is 0 Å². The van der Waals surface area contributed by atoms with Crippen molar-refractivity contribution in [3.05, 3.63) is 64.7 Å². The first kappa shape index (κ1) is 27.7. The van der Waals surface area contributed by atoms with Gasteiger partial charge in [0, 0.05) is 17.1 Å². The van der Waals surface area contributed by atoms with Crippen LogP contribution in [0.5, 0.6) is 0 Å². The third kappa shape index (κ3) is 7.74. The maximum absolute atomic E-state index is 13.6. The summed E-state index contributed by atoms with van der Waals surface area (Å²) in [4.78, 5) is 28.2. The van der Waals surface area contributed by atoms with Crippen LogP contribution in [-0.4, -0.2) is 49.5 Å². The van der Waals surface area contributed by atoms with Crippen molar-refractivity contribution in [2.45, 2.75) is 59.2 Å². The van der Waals surface area contributed by atoms with Crippen LogP contribution < -0.4 is 9.62 Å². The summed E-state index contributed by atoms with van der Waals surface area (Å²) in [5, 5.41) is 3.41. The number of halogens is 1. The lowest BCUT2D eigenvalue weighted by Gasteiger charge is -2.34. The molecule has 0 heterocycles. The monoisotopic (exact) mass is 507 g/mol.